The number of nitrogens with zero attached hydrogens (tertiary/aromatic N) is 1. The van der Waals surface area contributed by atoms with Gasteiger partial charge in [0.15, 0.2) is 0 Å². The summed E-state index contributed by atoms with van der Waals surface area (Å²) in [6.45, 7) is 19.7. The summed E-state index contributed by atoms with van der Waals surface area (Å²) in [6.07, 6.45) is 2.30. The summed E-state index contributed by atoms with van der Waals surface area (Å²) in [5.41, 5.74) is 5.18. The van der Waals surface area contributed by atoms with E-state index in [1.807, 2.05) is 0 Å². The number of hydrogen-bond acceptors (Lipinski definition) is 2. The summed E-state index contributed by atoms with van der Waals surface area (Å²) in [5.74, 6) is 0. The lowest BCUT2D eigenvalue weighted by atomic mass is 9.83. The van der Waals surface area contributed by atoms with E-state index in [2.05, 4.69) is 70.0 Å². The average molecular weight is 317 g/mol. The van der Waals surface area contributed by atoms with Gasteiger partial charge >= 0.3 is 0 Å². The van der Waals surface area contributed by atoms with Crippen LogP contribution in [-0.4, -0.2) is 31.1 Å². The quantitative estimate of drug-likeness (QED) is 0.892. The first-order chi connectivity index (χ1) is 10.6. The molecule has 1 aliphatic heterocycles. The molecule has 1 aromatic rings. The fourth-order valence-corrected chi connectivity index (χ4v) is 3.49. The van der Waals surface area contributed by atoms with Gasteiger partial charge in [0.2, 0.25) is 0 Å². The molecule has 2 rings (SSSR count). The molecule has 1 fully saturated rings. The van der Waals surface area contributed by atoms with E-state index in [4.69, 9.17) is 0 Å². The Bertz CT molecular complexity index is 465. The minimum Gasteiger partial charge on any atom is -0.314 e. The van der Waals surface area contributed by atoms with Crippen LogP contribution in [-0.2, 0) is 19.4 Å². The van der Waals surface area contributed by atoms with Crippen molar-refractivity contribution in [1.29, 1.82) is 0 Å². The standard InChI is InChI=1S/C21H36N2/c1-20(2,3)14-17-11-18(15-21(4,5)6)13-19(12-17)16-23-9-7-22-8-10-23/h11-13,22H,7-10,14-16H2,1-6H3. The minimum absolute atomic E-state index is 0.340. The highest BCUT2D eigenvalue weighted by Gasteiger charge is 2.17. The van der Waals surface area contributed by atoms with Crippen molar-refractivity contribution in [3.8, 4) is 0 Å². The molecule has 0 aromatic heterocycles. The Labute approximate surface area is 143 Å². The lowest BCUT2D eigenvalue weighted by molar-refractivity contribution is 0.233. The van der Waals surface area contributed by atoms with Crippen LogP contribution < -0.4 is 5.32 Å². The lowest BCUT2D eigenvalue weighted by Gasteiger charge is -2.28. The van der Waals surface area contributed by atoms with Crippen molar-refractivity contribution in [2.24, 2.45) is 10.8 Å². The Morgan fingerprint density at radius 1 is 0.783 bits per heavy atom. The van der Waals surface area contributed by atoms with Gasteiger partial charge in [-0.1, -0.05) is 59.7 Å². The Hall–Kier alpha value is -0.860. The maximum absolute atomic E-state index is 3.44. The lowest BCUT2D eigenvalue weighted by Crippen LogP contribution is -2.42. The van der Waals surface area contributed by atoms with Gasteiger partial charge < -0.3 is 5.32 Å². The molecule has 130 valence electrons. The third kappa shape index (κ3) is 7.05. The molecule has 1 N–H and O–H groups in total. The van der Waals surface area contributed by atoms with Gasteiger partial charge in [-0.2, -0.15) is 0 Å². The topological polar surface area (TPSA) is 15.3 Å². The molecule has 2 heteroatoms. The predicted octanol–water partition coefficient (Wildman–Crippen LogP) is 4.27. The van der Waals surface area contributed by atoms with Gasteiger partial charge in [0.1, 0.15) is 0 Å². The van der Waals surface area contributed by atoms with Crippen molar-refractivity contribution in [1.82, 2.24) is 10.2 Å². The normalized spacial score (nSPS) is 17.5. The smallest absolute Gasteiger partial charge is 0.0235 e. The van der Waals surface area contributed by atoms with Gasteiger partial charge in [-0.3, -0.25) is 4.90 Å². The van der Waals surface area contributed by atoms with Crippen LogP contribution in [0.4, 0.5) is 0 Å². The highest BCUT2D eigenvalue weighted by atomic mass is 15.2. The second-order valence-corrected chi connectivity index (χ2v) is 9.66. The molecule has 0 bridgehead atoms. The van der Waals surface area contributed by atoms with Crippen LogP contribution in [0.3, 0.4) is 0 Å². The number of rotatable bonds is 4. The van der Waals surface area contributed by atoms with E-state index >= 15 is 0 Å². The van der Waals surface area contributed by atoms with Crippen LogP contribution >= 0.6 is 0 Å². The van der Waals surface area contributed by atoms with Gasteiger partial charge in [0.05, 0.1) is 0 Å². The van der Waals surface area contributed by atoms with Crippen LogP contribution in [0, 0.1) is 10.8 Å². The molecule has 1 aliphatic rings. The van der Waals surface area contributed by atoms with E-state index in [-0.39, 0.29) is 0 Å². The molecule has 0 atom stereocenters. The van der Waals surface area contributed by atoms with Gasteiger partial charge in [-0.15, -0.1) is 0 Å². The van der Waals surface area contributed by atoms with E-state index in [9.17, 15) is 0 Å². The Balaban J connectivity index is 2.20. The van der Waals surface area contributed by atoms with Gasteiger partial charge in [0, 0.05) is 32.7 Å². The highest BCUT2D eigenvalue weighted by molar-refractivity contribution is 5.31. The Kier molecular flexibility index (Phi) is 5.91. The summed E-state index contributed by atoms with van der Waals surface area (Å²) in [5, 5.41) is 3.44. The van der Waals surface area contributed by atoms with E-state index in [1.54, 1.807) is 0 Å². The zero-order valence-corrected chi connectivity index (χ0v) is 16.1. The zero-order valence-electron chi connectivity index (χ0n) is 16.1. The predicted molar refractivity (Wildman–Crippen MR) is 101 cm³/mol. The summed E-state index contributed by atoms with van der Waals surface area (Å²) in [7, 11) is 0. The van der Waals surface area contributed by atoms with Crippen molar-refractivity contribution in [3.63, 3.8) is 0 Å². The number of benzene rings is 1. The van der Waals surface area contributed by atoms with E-state index in [1.165, 1.54) is 16.7 Å². The molecule has 0 unspecified atom stereocenters. The summed E-state index contributed by atoms with van der Waals surface area (Å²) >= 11 is 0. The van der Waals surface area contributed by atoms with Crippen LogP contribution in [0.15, 0.2) is 18.2 Å². The first kappa shape index (κ1) is 18.5. The van der Waals surface area contributed by atoms with Crippen LogP contribution in [0.5, 0.6) is 0 Å². The maximum Gasteiger partial charge on any atom is 0.0235 e. The van der Waals surface area contributed by atoms with Crippen molar-refractivity contribution in [3.05, 3.63) is 34.9 Å². The van der Waals surface area contributed by atoms with E-state index in [0.29, 0.717) is 10.8 Å². The number of piperazine rings is 1. The summed E-state index contributed by atoms with van der Waals surface area (Å²) in [4.78, 5) is 2.58. The molecule has 0 radical (unpaired) electrons. The second kappa shape index (κ2) is 7.36. The molecule has 2 nitrogen and oxygen atoms in total. The van der Waals surface area contributed by atoms with Gasteiger partial charge in [-0.05, 0) is 40.4 Å². The second-order valence-electron chi connectivity index (χ2n) is 9.66. The zero-order chi connectivity index (χ0) is 17.1. The molecule has 1 heterocycles. The maximum atomic E-state index is 3.44. The monoisotopic (exact) mass is 316 g/mol. The van der Waals surface area contributed by atoms with E-state index < -0.39 is 0 Å². The fraction of sp³-hybridized carbons (Fsp3) is 0.714. The van der Waals surface area contributed by atoms with Gasteiger partial charge in [-0.25, -0.2) is 0 Å². The molecule has 0 spiro atoms. The largest absolute Gasteiger partial charge is 0.314 e. The van der Waals surface area contributed by atoms with E-state index in [0.717, 1.165) is 45.6 Å². The SMILES string of the molecule is CC(C)(C)Cc1cc(CN2CCNCC2)cc(CC(C)(C)C)c1. The molecule has 0 saturated carbocycles. The van der Waals surface area contributed by atoms with Crippen molar-refractivity contribution >= 4 is 0 Å². The molecule has 1 aromatic carbocycles. The molecular weight excluding hydrogens is 280 g/mol. The third-order valence-electron chi connectivity index (χ3n) is 4.20. The minimum atomic E-state index is 0.340. The Morgan fingerprint density at radius 3 is 1.65 bits per heavy atom. The first-order valence-electron chi connectivity index (χ1n) is 9.16. The Morgan fingerprint density at radius 2 is 1.22 bits per heavy atom. The molecular formula is C21H36N2. The van der Waals surface area contributed by atoms with Crippen molar-refractivity contribution in [2.75, 3.05) is 26.2 Å². The molecule has 1 saturated heterocycles. The highest BCUT2D eigenvalue weighted by Crippen LogP contribution is 2.26. The third-order valence-corrected chi connectivity index (χ3v) is 4.20. The summed E-state index contributed by atoms with van der Waals surface area (Å²) < 4.78 is 0. The van der Waals surface area contributed by atoms with Crippen LogP contribution in [0.25, 0.3) is 0 Å². The van der Waals surface area contributed by atoms with Gasteiger partial charge in [0.25, 0.3) is 0 Å². The average Bonchev–Trinajstić information content (AvgIpc) is 2.35. The van der Waals surface area contributed by atoms with Crippen molar-refractivity contribution < 1.29 is 0 Å². The molecule has 23 heavy (non-hydrogen) atoms. The summed E-state index contributed by atoms with van der Waals surface area (Å²) in [6, 6.07) is 7.33. The fourth-order valence-electron chi connectivity index (χ4n) is 3.49. The number of hydrogen-bond donors (Lipinski definition) is 1. The van der Waals surface area contributed by atoms with Crippen LogP contribution in [0.2, 0.25) is 0 Å². The first-order valence-corrected chi connectivity index (χ1v) is 9.16. The van der Waals surface area contributed by atoms with Crippen molar-refractivity contribution in [2.45, 2.75) is 60.9 Å². The molecule has 0 amide bonds. The molecule has 0 aliphatic carbocycles. The van der Waals surface area contributed by atoms with Crippen LogP contribution in [0.1, 0.15) is 58.2 Å². The number of nitrogens with one attached hydrogen (secondary N) is 1.